The lowest BCUT2D eigenvalue weighted by Crippen LogP contribution is -2.36. The summed E-state index contributed by atoms with van der Waals surface area (Å²) in [6.45, 7) is -0.676. The first-order valence-electron chi connectivity index (χ1n) is 11.0. The lowest BCUT2D eigenvalue weighted by atomic mass is 10.0. The summed E-state index contributed by atoms with van der Waals surface area (Å²) in [5.41, 5.74) is 10.1. The normalized spacial score (nSPS) is 11.0. The number of hydrogen-bond acceptors (Lipinski definition) is 4. The molecular formula is C25H24ClF3N6O2. The van der Waals surface area contributed by atoms with Crippen LogP contribution in [-0.2, 0) is 0 Å². The molecule has 0 atom stereocenters. The molecule has 194 valence electrons. The Hall–Kier alpha value is -4.09. The van der Waals surface area contributed by atoms with Gasteiger partial charge in [0, 0.05) is 36.1 Å². The van der Waals surface area contributed by atoms with Gasteiger partial charge in [0.15, 0.2) is 0 Å². The number of nitrogens with one attached hydrogen (secondary N) is 3. The Bertz CT molecular complexity index is 1410. The van der Waals surface area contributed by atoms with Crippen molar-refractivity contribution in [3.63, 3.8) is 0 Å². The Kier molecular flexibility index (Phi) is 8.74. The molecule has 0 spiro atoms. The van der Waals surface area contributed by atoms with Gasteiger partial charge < -0.3 is 21.7 Å². The number of halogens is 4. The van der Waals surface area contributed by atoms with E-state index in [1.165, 1.54) is 0 Å². The second-order valence-electron chi connectivity index (χ2n) is 7.92. The summed E-state index contributed by atoms with van der Waals surface area (Å²) in [7, 11) is 0. The van der Waals surface area contributed by atoms with Crippen molar-refractivity contribution in [1.29, 1.82) is 0 Å². The van der Waals surface area contributed by atoms with Gasteiger partial charge in [0.05, 0.1) is 11.9 Å². The van der Waals surface area contributed by atoms with Crippen molar-refractivity contribution in [2.24, 2.45) is 5.73 Å². The van der Waals surface area contributed by atoms with Crippen LogP contribution in [0.3, 0.4) is 0 Å². The van der Waals surface area contributed by atoms with E-state index in [9.17, 15) is 22.8 Å². The Morgan fingerprint density at radius 3 is 2.43 bits per heavy atom. The van der Waals surface area contributed by atoms with Gasteiger partial charge in [0.1, 0.15) is 12.2 Å². The second-order valence-corrected chi connectivity index (χ2v) is 7.92. The van der Waals surface area contributed by atoms with Crippen LogP contribution in [0, 0.1) is 0 Å². The average molecular weight is 533 g/mol. The van der Waals surface area contributed by atoms with Crippen LogP contribution in [0.15, 0.2) is 73.1 Å². The molecule has 0 aliphatic rings. The quantitative estimate of drug-likeness (QED) is 0.281. The number of imidazole rings is 1. The van der Waals surface area contributed by atoms with Crippen LogP contribution in [0.25, 0.3) is 28.0 Å². The Balaban J connectivity index is 0.00000380. The van der Waals surface area contributed by atoms with Gasteiger partial charge in [0.25, 0.3) is 5.91 Å². The first-order valence-corrected chi connectivity index (χ1v) is 11.0. The number of nitrogens with zero attached hydrogens (tertiary/aromatic N) is 2. The van der Waals surface area contributed by atoms with E-state index in [4.69, 9.17) is 5.73 Å². The van der Waals surface area contributed by atoms with E-state index >= 15 is 0 Å². The van der Waals surface area contributed by atoms with E-state index in [1.54, 1.807) is 54.0 Å². The number of amides is 3. The third-order valence-electron chi connectivity index (χ3n) is 5.27. The summed E-state index contributed by atoms with van der Waals surface area (Å²) < 4.78 is 38.8. The summed E-state index contributed by atoms with van der Waals surface area (Å²) in [6, 6.07) is 16.8. The summed E-state index contributed by atoms with van der Waals surface area (Å²) >= 11 is 0. The number of aromatic nitrogens is 2. The van der Waals surface area contributed by atoms with Crippen molar-refractivity contribution in [2.45, 2.75) is 6.18 Å². The number of pyridine rings is 1. The average Bonchev–Trinajstić information content (AvgIpc) is 3.29. The smallest absolute Gasteiger partial charge is 0.351 e. The number of fused-ring (bicyclic) bond motifs is 1. The number of hydrogen-bond donors (Lipinski definition) is 4. The zero-order valence-corrected chi connectivity index (χ0v) is 20.2. The molecule has 2 aromatic carbocycles. The number of benzene rings is 2. The minimum Gasteiger partial charge on any atom is -0.351 e. The number of nitrogens with two attached hydrogens (primary N) is 1. The van der Waals surface area contributed by atoms with Crippen LogP contribution in [0.4, 0.5) is 23.7 Å². The monoisotopic (exact) mass is 532 g/mol. The van der Waals surface area contributed by atoms with Crippen molar-refractivity contribution in [3.8, 4) is 22.4 Å². The van der Waals surface area contributed by atoms with E-state index in [-0.39, 0.29) is 18.3 Å². The highest BCUT2D eigenvalue weighted by Gasteiger charge is 2.27. The topological polar surface area (TPSA) is 114 Å². The van der Waals surface area contributed by atoms with Crippen molar-refractivity contribution in [1.82, 2.24) is 20.0 Å². The molecule has 0 radical (unpaired) electrons. The Morgan fingerprint density at radius 2 is 1.68 bits per heavy atom. The van der Waals surface area contributed by atoms with E-state index in [0.29, 0.717) is 35.6 Å². The minimum absolute atomic E-state index is 0. The van der Waals surface area contributed by atoms with Gasteiger partial charge >= 0.3 is 12.2 Å². The fourth-order valence-electron chi connectivity index (χ4n) is 3.61. The zero-order chi connectivity index (χ0) is 25.7. The molecule has 0 aliphatic heterocycles. The molecule has 0 bridgehead atoms. The molecule has 4 aromatic rings. The second kappa shape index (κ2) is 11.8. The molecule has 0 saturated heterocycles. The molecule has 0 fully saturated rings. The van der Waals surface area contributed by atoms with Crippen LogP contribution < -0.4 is 21.7 Å². The Labute approximate surface area is 216 Å². The van der Waals surface area contributed by atoms with Crippen LogP contribution >= 0.6 is 12.4 Å². The van der Waals surface area contributed by atoms with E-state index in [2.05, 4.69) is 15.6 Å². The number of rotatable bonds is 7. The molecule has 4 rings (SSSR count). The molecule has 8 nitrogen and oxygen atoms in total. The molecule has 37 heavy (non-hydrogen) atoms. The van der Waals surface area contributed by atoms with Crippen LogP contribution in [0.5, 0.6) is 0 Å². The highest BCUT2D eigenvalue weighted by Crippen LogP contribution is 2.27. The predicted octanol–water partition coefficient (Wildman–Crippen LogP) is 4.46. The summed E-state index contributed by atoms with van der Waals surface area (Å²) in [5, 5.41) is 6.93. The molecule has 0 saturated carbocycles. The van der Waals surface area contributed by atoms with E-state index in [1.807, 2.05) is 28.8 Å². The third kappa shape index (κ3) is 6.99. The van der Waals surface area contributed by atoms with Crippen molar-refractivity contribution in [3.05, 3.63) is 78.6 Å². The molecule has 3 amide bonds. The SMILES string of the molecule is Cl.NCCNC(=O)c1cccc(-c2ccn3c(-c4cccc(NC(=O)NCC(F)(F)F)c4)cnc3c2)c1. The lowest BCUT2D eigenvalue weighted by molar-refractivity contribution is -0.122. The lowest BCUT2D eigenvalue weighted by Gasteiger charge is -2.11. The third-order valence-corrected chi connectivity index (χ3v) is 5.27. The Morgan fingerprint density at radius 1 is 0.946 bits per heavy atom. The van der Waals surface area contributed by atoms with Crippen LogP contribution in [-0.4, -0.2) is 47.1 Å². The van der Waals surface area contributed by atoms with Gasteiger partial charge in [-0.15, -0.1) is 12.4 Å². The van der Waals surface area contributed by atoms with E-state index in [0.717, 1.165) is 16.8 Å². The number of anilines is 1. The van der Waals surface area contributed by atoms with Gasteiger partial charge in [0.2, 0.25) is 0 Å². The predicted molar refractivity (Wildman–Crippen MR) is 138 cm³/mol. The first kappa shape index (κ1) is 27.5. The molecule has 12 heteroatoms. The maximum Gasteiger partial charge on any atom is 0.405 e. The fourth-order valence-corrected chi connectivity index (χ4v) is 3.61. The zero-order valence-electron chi connectivity index (χ0n) is 19.4. The molecule has 2 heterocycles. The minimum atomic E-state index is -4.49. The fraction of sp³-hybridized carbons (Fsp3) is 0.160. The van der Waals surface area contributed by atoms with E-state index < -0.39 is 18.8 Å². The van der Waals surface area contributed by atoms with Crippen molar-refractivity contribution in [2.75, 3.05) is 25.0 Å². The van der Waals surface area contributed by atoms with Crippen LogP contribution in [0.2, 0.25) is 0 Å². The molecule has 0 aliphatic carbocycles. The van der Waals surface area contributed by atoms with Gasteiger partial charge in [-0.05, 0) is 47.5 Å². The van der Waals surface area contributed by atoms with Gasteiger partial charge in [-0.2, -0.15) is 13.2 Å². The van der Waals surface area contributed by atoms with Crippen LogP contribution in [0.1, 0.15) is 10.4 Å². The number of carbonyl (C=O) groups is 2. The number of carbonyl (C=O) groups excluding carboxylic acids is 2. The van der Waals surface area contributed by atoms with Gasteiger partial charge in [-0.25, -0.2) is 9.78 Å². The molecule has 0 unspecified atom stereocenters. The highest BCUT2D eigenvalue weighted by atomic mass is 35.5. The van der Waals surface area contributed by atoms with Gasteiger partial charge in [-0.3, -0.25) is 9.20 Å². The van der Waals surface area contributed by atoms with Crippen molar-refractivity contribution < 1.29 is 22.8 Å². The molecule has 2 aromatic heterocycles. The summed E-state index contributed by atoms with van der Waals surface area (Å²) in [4.78, 5) is 28.5. The standard InChI is InChI=1S/C25H23F3N6O2.ClH/c26-25(27,28)15-32-24(36)33-20-6-2-4-18(12-20)21-14-31-22-13-17(7-10-34(21)22)16-3-1-5-19(11-16)23(35)30-9-8-29;/h1-7,10-14H,8-9,15,29H2,(H,30,35)(H2,32,33,36);1H. The highest BCUT2D eigenvalue weighted by molar-refractivity contribution is 5.95. The number of urea groups is 1. The maximum absolute atomic E-state index is 12.3. The molecule has 5 N–H and O–H groups in total. The first-order chi connectivity index (χ1) is 17.2. The summed E-state index contributed by atoms with van der Waals surface area (Å²) in [5.74, 6) is -0.202. The summed E-state index contributed by atoms with van der Waals surface area (Å²) in [6.07, 6.45) is -0.990. The maximum atomic E-state index is 12.3. The largest absolute Gasteiger partial charge is 0.405 e. The van der Waals surface area contributed by atoms with Gasteiger partial charge in [-0.1, -0.05) is 24.3 Å². The molecular weight excluding hydrogens is 509 g/mol. The number of alkyl halides is 3. The van der Waals surface area contributed by atoms with Crippen molar-refractivity contribution >= 4 is 35.7 Å².